The number of benzene rings is 4. The maximum Gasteiger partial charge on any atom is 0.292 e. The van der Waals surface area contributed by atoms with Crippen LogP contribution < -0.4 is 25.8 Å². The number of nitrogens with one attached hydrogen (secondary N) is 3. The minimum atomic E-state index is -3.93. The van der Waals surface area contributed by atoms with Crippen molar-refractivity contribution in [3.63, 3.8) is 0 Å². The molecule has 1 fully saturated rings. The van der Waals surface area contributed by atoms with E-state index in [0.717, 1.165) is 33.9 Å². The number of halogens is 7. The second kappa shape index (κ2) is 15.7. The number of rotatable bonds is 11. The van der Waals surface area contributed by atoms with Crippen LogP contribution in [0.5, 0.6) is 5.75 Å². The minimum absolute atomic E-state index is 0.0227. The molecule has 7 aromatic rings. The largest absolute Gasteiger partial charge is 0.493 e. The molecule has 350 valence electrons. The highest BCUT2D eigenvalue weighted by Gasteiger charge is 2.70. The van der Waals surface area contributed by atoms with Gasteiger partial charge in [0.15, 0.2) is 5.82 Å². The van der Waals surface area contributed by atoms with E-state index in [9.17, 15) is 30.8 Å². The second-order valence-corrected chi connectivity index (χ2v) is 19.5. The summed E-state index contributed by atoms with van der Waals surface area (Å²) in [6, 6.07) is 12.6. The number of aryl methyl sites for hydroxylation is 1. The van der Waals surface area contributed by atoms with Crippen LogP contribution >= 0.6 is 11.6 Å². The van der Waals surface area contributed by atoms with E-state index in [0.29, 0.717) is 46.5 Å². The number of carbonyl (C=O) groups excluding carboxylic acids is 1. The number of nitrogens with zero attached hydrogens (tertiary/aromatic N) is 6. The van der Waals surface area contributed by atoms with Crippen LogP contribution in [-0.2, 0) is 34.7 Å². The van der Waals surface area contributed by atoms with Gasteiger partial charge in [0.1, 0.15) is 41.5 Å². The molecule has 14 nitrogen and oxygen atoms in total. The van der Waals surface area contributed by atoms with Crippen LogP contribution in [0.1, 0.15) is 29.4 Å². The summed E-state index contributed by atoms with van der Waals surface area (Å²) < 4.78 is 125. The van der Waals surface area contributed by atoms with Crippen LogP contribution in [0.3, 0.4) is 0 Å². The molecule has 0 radical (unpaired) electrons. The zero-order valence-corrected chi connectivity index (χ0v) is 37.2. The van der Waals surface area contributed by atoms with E-state index in [1.807, 2.05) is 18.2 Å². The lowest BCUT2D eigenvalue weighted by atomic mass is 9.96. The quantitative estimate of drug-likeness (QED) is 0.114. The van der Waals surface area contributed by atoms with E-state index >= 15 is 13.6 Å². The molecular weight excluding hydrogens is 940 g/mol. The first-order valence-electron chi connectivity index (χ1n) is 21.3. The van der Waals surface area contributed by atoms with E-state index < -0.39 is 88.1 Å². The molecule has 4 atom stereocenters. The van der Waals surface area contributed by atoms with E-state index in [4.69, 9.17) is 21.3 Å². The summed E-state index contributed by atoms with van der Waals surface area (Å²) in [5, 5.41) is 8.77. The summed E-state index contributed by atoms with van der Waals surface area (Å²) in [7, 11) is -2.46. The standard InChI is InChI=1S/C46H36ClF6N9O5S/c1-60-40-32(7-6-29(47)37(40)43(58-60)59-68(2,65)66)62-44(56-30-16-22(3-4-26(30)45(62)64)25-5-8-33-35-21(10-12-67-33)9-11-54-38(25)35)31(15-20-13-23(48)17-24(49)14-20)55-34(63)19-61-41-36(39(57-61)42(50)51)27-18-28(27)46(41,52)53/h3-9,11,13-14,16-17,27-28,31,39,42,57H,10,12,15,18-19H2,1-2H3,(H,55,63)(H,58,59)/t27?,28?,31-,39?/m0/s1. The van der Waals surface area contributed by atoms with Crippen LogP contribution in [0.25, 0.3) is 49.5 Å². The summed E-state index contributed by atoms with van der Waals surface area (Å²) in [4.78, 5) is 39.3. The average molecular weight is 976 g/mol. The Morgan fingerprint density at radius 2 is 1.82 bits per heavy atom. The van der Waals surface area contributed by atoms with E-state index in [1.165, 1.54) is 23.9 Å². The van der Waals surface area contributed by atoms with Crippen LogP contribution in [0, 0.1) is 23.5 Å². The number of sulfonamides is 1. The highest BCUT2D eigenvalue weighted by Crippen LogP contribution is 2.65. The fraction of sp³-hybridized carbons (Fsp3) is 0.283. The molecule has 5 heterocycles. The van der Waals surface area contributed by atoms with Crippen LogP contribution in [0.15, 0.2) is 89.0 Å². The number of pyridine rings is 1. The lowest BCUT2D eigenvalue weighted by Gasteiger charge is -2.29. The molecule has 0 spiro atoms. The summed E-state index contributed by atoms with van der Waals surface area (Å²) >= 11 is 6.69. The van der Waals surface area contributed by atoms with Crippen molar-refractivity contribution in [2.45, 2.75) is 43.7 Å². The number of anilines is 1. The zero-order chi connectivity index (χ0) is 47.7. The Morgan fingerprint density at radius 3 is 2.57 bits per heavy atom. The monoisotopic (exact) mass is 975 g/mol. The fourth-order valence-corrected chi connectivity index (χ4v) is 10.9. The highest BCUT2D eigenvalue weighted by atomic mass is 35.5. The van der Waals surface area contributed by atoms with Crippen molar-refractivity contribution in [2.24, 2.45) is 18.9 Å². The number of hydrogen-bond acceptors (Lipinski definition) is 10. The van der Waals surface area contributed by atoms with Crippen LogP contribution in [0.4, 0.5) is 32.2 Å². The SMILES string of the molecule is Cn1nc(NS(C)(=O)=O)c2c(Cl)ccc(-n3c([C@H](Cc4cc(F)cc(F)c4)NC(=O)CN4NC(C(F)F)C5=C4C(F)(F)C4CC54)nc4cc(-c5ccc6c7c(ccnc57)CCO6)ccc4c3=O)c21. The summed E-state index contributed by atoms with van der Waals surface area (Å²) in [5.41, 5.74) is 3.93. The molecule has 0 saturated heterocycles. The number of aromatic nitrogens is 5. The number of hydrazine groups is 1. The predicted molar refractivity (Wildman–Crippen MR) is 239 cm³/mol. The first kappa shape index (κ1) is 43.8. The molecule has 1 amide bonds. The zero-order valence-electron chi connectivity index (χ0n) is 35.6. The third-order valence-electron chi connectivity index (χ3n) is 12.9. The number of fused-ring (bicyclic) bond motifs is 4. The molecule has 2 aliphatic carbocycles. The molecule has 3 aromatic heterocycles. The third-order valence-corrected chi connectivity index (χ3v) is 13.8. The van der Waals surface area contributed by atoms with Gasteiger partial charge in [-0.05, 0) is 89.2 Å². The molecule has 68 heavy (non-hydrogen) atoms. The normalized spacial score (nSPS) is 19.7. The van der Waals surface area contributed by atoms with Crippen molar-refractivity contribution in [1.29, 1.82) is 0 Å². The van der Waals surface area contributed by atoms with Crippen molar-refractivity contribution in [3.05, 3.63) is 128 Å². The molecule has 2 aliphatic heterocycles. The van der Waals surface area contributed by atoms with E-state index in [2.05, 4.69) is 25.5 Å². The van der Waals surface area contributed by atoms with Gasteiger partial charge in [-0.2, -0.15) is 13.9 Å². The Bertz CT molecular complexity index is 3520. The maximum atomic E-state index is 15.7. The van der Waals surface area contributed by atoms with Gasteiger partial charge in [0.25, 0.3) is 17.9 Å². The van der Waals surface area contributed by atoms with Gasteiger partial charge in [0.2, 0.25) is 15.9 Å². The second-order valence-electron chi connectivity index (χ2n) is 17.4. The number of ether oxygens (including phenoxy) is 1. The van der Waals surface area contributed by atoms with E-state index in [-0.39, 0.29) is 61.7 Å². The van der Waals surface area contributed by atoms with Gasteiger partial charge in [-0.25, -0.2) is 36.4 Å². The molecule has 3 N–H and O–H groups in total. The summed E-state index contributed by atoms with van der Waals surface area (Å²) in [6.07, 6.45) is -0.244. The number of hydrogen-bond donors (Lipinski definition) is 3. The van der Waals surface area contributed by atoms with Crippen molar-refractivity contribution in [2.75, 3.05) is 24.1 Å². The van der Waals surface area contributed by atoms with Gasteiger partial charge >= 0.3 is 0 Å². The summed E-state index contributed by atoms with van der Waals surface area (Å²) in [5.74, 6) is -8.17. The van der Waals surface area contributed by atoms with Gasteiger partial charge in [0, 0.05) is 49.0 Å². The Hall–Kier alpha value is -6.71. The lowest BCUT2D eigenvalue weighted by molar-refractivity contribution is -0.124. The molecule has 0 bridgehead atoms. The van der Waals surface area contributed by atoms with Gasteiger partial charge in [0.05, 0.1) is 56.9 Å². The van der Waals surface area contributed by atoms with Crippen molar-refractivity contribution in [3.8, 4) is 22.6 Å². The first-order chi connectivity index (χ1) is 32.4. The Balaban J connectivity index is 1.11. The highest BCUT2D eigenvalue weighted by molar-refractivity contribution is 7.92. The average Bonchev–Trinajstić information content (AvgIpc) is 3.81. The lowest BCUT2D eigenvalue weighted by Crippen LogP contribution is -2.49. The molecule has 3 unspecified atom stereocenters. The van der Waals surface area contributed by atoms with Crippen molar-refractivity contribution in [1.82, 2.24) is 40.1 Å². The molecular formula is C46H36ClF6N9O5S. The van der Waals surface area contributed by atoms with Gasteiger partial charge in [-0.3, -0.25) is 33.6 Å². The Morgan fingerprint density at radius 1 is 1.04 bits per heavy atom. The molecule has 22 heteroatoms. The smallest absolute Gasteiger partial charge is 0.292 e. The predicted octanol–water partition coefficient (Wildman–Crippen LogP) is 7.12. The molecule has 1 saturated carbocycles. The maximum absolute atomic E-state index is 15.7. The number of allylic oxidation sites excluding steroid dienone is 1. The number of carbonyl (C=O) groups is 1. The number of alkyl halides is 4. The molecule has 4 aromatic carbocycles. The van der Waals surface area contributed by atoms with E-state index in [1.54, 1.807) is 24.4 Å². The van der Waals surface area contributed by atoms with Gasteiger partial charge in [-0.15, -0.1) is 0 Å². The van der Waals surface area contributed by atoms with Crippen LogP contribution in [0.2, 0.25) is 5.02 Å². The minimum Gasteiger partial charge on any atom is -0.493 e. The van der Waals surface area contributed by atoms with Crippen molar-refractivity contribution < 1.29 is 44.3 Å². The number of amides is 1. The third kappa shape index (κ3) is 7.20. The van der Waals surface area contributed by atoms with Gasteiger partial charge in [-0.1, -0.05) is 17.7 Å². The Kier molecular flexibility index (Phi) is 10.1. The Labute approximate surface area is 386 Å². The molecule has 11 rings (SSSR count). The van der Waals surface area contributed by atoms with Gasteiger partial charge < -0.3 is 10.1 Å². The van der Waals surface area contributed by atoms with Crippen molar-refractivity contribution >= 4 is 66.1 Å². The van der Waals surface area contributed by atoms with Crippen LogP contribution in [-0.4, -0.2) is 81.4 Å². The molecule has 4 aliphatic rings. The fourth-order valence-electron chi connectivity index (χ4n) is 10.1. The first-order valence-corrected chi connectivity index (χ1v) is 23.6. The topological polar surface area (TPSA) is 165 Å². The summed E-state index contributed by atoms with van der Waals surface area (Å²) in [6.45, 7) is -0.423.